The van der Waals surface area contributed by atoms with Crippen molar-refractivity contribution in [3.8, 4) is 5.75 Å². The maximum Gasteiger partial charge on any atom is 0.275 e. The van der Waals surface area contributed by atoms with Gasteiger partial charge in [0.05, 0.1) is 4.88 Å². The average Bonchev–Trinajstić information content (AvgIpc) is 2.80. The van der Waals surface area contributed by atoms with Crippen LogP contribution in [0.5, 0.6) is 5.75 Å². The van der Waals surface area contributed by atoms with Crippen LogP contribution in [0.2, 0.25) is 0 Å². The van der Waals surface area contributed by atoms with Gasteiger partial charge >= 0.3 is 0 Å². The van der Waals surface area contributed by atoms with Gasteiger partial charge in [0.1, 0.15) is 18.2 Å². The Labute approximate surface area is 120 Å². The van der Waals surface area contributed by atoms with Gasteiger partial charge in [-0.25, -0.2) is 10.2 Å². The van der Waals surface area contributed by atoms with Crippen molar-refractivity contribution in [2.24, 2.45) is 5.84 Å². The van der Waals surface area contributed by atoms with Gasteiger partial charge in [-0.2, -0.15) is 0 Å². The zero-order valence-corrected chi connectivity index (χ0v) is 12.0. The molecule has 0 aliphatic carbocycles. The van der Waals surface area contributed by atoms with E-state index in [1.54, 1.807) is 25.1 Å². The Balaban J connectivity index is 2.08. The molecule has 4 nitrogen and oxygen atoms in total. The molecule has 0 unspecified atom stereocenters. The molecular formula is C14H15FN2O2S. The van der Waals surface area contributed by atoms with Crippen molar-refractivity contribution >= 4 is 17.2 Å². The molecule has 0 saturated heterocycles. The molecule has 2 aromatic rings. The van der Waals surface area contributed by atoms with Crippen LogP contribution < -0.4 is 16.0 Å². The molecular weight excluding hydrogens is 279 g/mol. The van der Waals surface area contributed by atoms with E-state index in [2.05, 4.69) is 5.43 Å². The van der Waals surface area contributed by atoms with Gasteiger partial charge in [-0.05, 0) is 43.7 Å². The second kappa shape index (κ2) is 6.02. The zero-order chi connectivity index (χ0) is 14.7. The number of hydrogen-bond acceptors (Lipinski definition) is 4. The van der Waals surface area contributed by atoms with Crippen LogP contribution in [0.1, 0.15) is 25.7 Å². The molecule has 20 heavy (non-hydrogen) atoms. The van der Waals surface area contributed by atoms with Crippen molar-refractivity contribution in [1.29, 1.82) is 0 Å². The molecule has 0 aliphatic rings. The smallest absolute Gasteiger partial charge is 0.275 e. The fourth-order valence-electron chi connectivity index (χ4n) is 1.71. The Morgan fingerprint density at radius 3 is 2.80 bits per heavy atom. The minimum atomic E-state index is -0.318. The van der Waals surface area contributed by atoms with Gasteiger partial charge in [0.25, 0.3) is 5.91 Å². The third kappa shape index (κ3) is 3.15. The number of nitrogens with one attached hydrogen (secondary N) is 1. The fourth-order valence-corrected chi connectivity index (χ4v) is 2.65. The van der Waals surface area contributed by atoms with Gasteiger partial charge in [-0.1, -0.05) is 0 Å². The first-order valence-corrected chi connectivity index (χ1v) is 6.82. The summed E-state index contributed by atoms with van der Waals surface area (Å²) in [6.07, 6.45) is 0. The lowest BCUT2D eigenvalue weighted by molar-refractivity contribution is 0.0957. The van der Waals surface area contributed by atoms with Crippen molar-refractivity contribution in [1.82, 2.24) is 5.43 Å². The van der Waals surface area contributed by atoms with E-state index in [4.69, 9.17) is 10.6 Å². The van der Waals surface area contributed by atoms with E-state index in [9.17, 15) is 9.18 Å². The van der Waals surface area contributed by atoms with Crippen LogP contribution in [0.3, 0.4) is 0 Å². The standard InChI is InChI=1S/C14H15FN2O2S/c1-8-5-11(3-4-12(8)15)19-7-10-6-13(14(18)17-16)20-9(10)2/h3-6H,7,16H2,1-2H3,(H,17,18). The second-order valence-electron chi connectivity index (χ2n) is 4.37. The van der Waals surface area contributed by atoms with E-state index < -0.39 is 0 Å². The van der Waals surface area contributed by atoms with Crippen molar-refractivity contribution in [2.45, 2.75) is 20.5 Å². The van der Waals surface area contributed by atoms with Gasteiger partial charge in [0.15, 0.2) is 0 Å². The van der Waals surface area contributed by atoms with Crippen LogP contribution in [0, 0.1) is 19.7 Å². The Kier molecular flexibility index (Phi) is 4.36. The molecule has 0 radical (unpaired) electrons. The highest BCUT2D eigenvalue weighted by molar-refractivity contribution is 7.14. The number of aryl methyl sites for hydroxylation is 2. The summed E-state index contributed by atoms with van der Waals surface area (Å²) in [6, 6.07) is 6.35. The summed E-state index contributed by atoms with van der Waals surface area (Å²) in [5, 5.41) is 0. The van der Waals surface area contributed by atoms with Gasteiger partial charge < -0.3 is 4.74 Å². The number of amides is 1. The molecule has 1 aromatic heterocycles. The quantitative estimate of drug-likeness (QED) is 0.517. The van der Waals surface area contributed by atoms with Crippen molar-refractivity contribution in [3.05, 3.63) is 51.0 Å². The lowest BCUT2D eigenvalue weighted by Gasteiger charge is -2.07. The number of carbonyl (C=O) groups excluding carboxylic acids is 1. The maximum atomic E-state index is 13.1. The summed E-state index contributed by atoms with van der Waals surface area (Å²) in [7, 11) is 0. The number of nitrogens with two attached hydrogens (primary N) is 1. The van der Waals surface area contributed by atoms with E-state index in [1.165, 1.54) is 17.4 Å². The lowest BCUT2D eigenvalue weighted by Crippen LogP contribution is -2.29. The minimum absolute atomic E-state index is 0.258. The summed E-state index contributed by atoms with van der Waals surface area (Å²) in [5.41, 5.74) is 3.55. The van der Waals surface area contributed by atoms with E-state index >= 15 is 0 Å². The van der Waals surface area contributed by atoms with Crippen LogP contribution in [0.25, 0.3) is 0 Å². The molecule has 106 valence electrons. The van der Waals surface area contributed by atoms with Crippen LogP contribution >= 0.6 is 11.3 Å². The molecule has 0 bridgehead atoms. The topological polar surface area (TPSA) is 64.3 Å². The number of rotatable bonds is 4. The van der Waals surface area contributed by atoms with Crippen LogP contribution in [0.4, 0.5) is 4.39 Å². The maximum absolute atomic E-state index is 13.1. The van der Waals surface area contributed by atoms with Crippen LogP contribution in [-0.2, 0) is 6.61 Å². The predicted octanol–water partition coefficient (Wildman–Crippen LogP) is 2.69. The summed E-state index contributed by atoms with van der Waals surface area (Å²) >= 11 is 1.36. The Morgan fingerprint density at radius 1 is 1.40 bits per heavy atom. The molecule has 0 aliphatic heterocycles. The molecule has 1 heterocycles. The first kappa shape index (κ1) is 14.5. The Hall–Kier alpha value is -1.92. The van der Waals surface area contributed by atoms with Gasteiger partial charge in [0.2, 0.25) is 0 Å². The molecule has 1 amide bonds. The summed E-state index contributed by atoms with van der Waals surface area (Å²) in [5.74, 6) is 5.12. The molecule has 0 saturated carbocycles. The Morgan fingerprint density at radius 2 is 2.15 bits per heavy atom. The Bertz CT molecular complexity index is 640. The molecule has 3 N–H and O–H groups in total. The summed E-state index contributed by atoms with van der Waals surface area (Å²) < 4.78 is 18.8. The average molecular weight is 294 g/mol. The monoisotopic (exact) mass is 294 g/mol. The summed E-state index contributed by atoms with van der Waals surface area (Å²) in [6.45, 7) is 3.92. The third-order valence-electron chi connectivity index (χ3n) is 2.90. The highest BCUT2D eigenvalue weighted by Crippen LogP contribution is 2.24. The molecule has 6 heteroatoms. The van der Waals surface area contributed by atoms with Crippen molar-refractivity contribution in [2.75, 3.05) is 0 Å². The first-order valence-electron chi connectivity index (χ1n) is 6.00. The number of hydrazine groups is 1. The second-order valence-corrected chi connectivity index (χ2v) is 5.62. The number of carbonyl (C=O) groups is 1. The van der Waals surface area contributed by atoms with Crippen molar-refractivity contribution in [3.63, 3.8) is 0 Å². The number of hydrogen-bond donors (Lipinski definition) is 2. The fraction of sp³-hybridized carbons (Fsp3) is 0.214. The van der Waals surface area contributed by atoms with Crippen molar-refractivity contribution < 1.29 is 13.9 Å². The molecule has 1 aromatic carbocycles. The highest BCUT2D eigenvalue weighted by atomic mass is 32.1. The SMILES string of the molecule is Cc1cc(OCc2cc(C(=O)NN)sc2C)ccc1F. The molecule has 0 fully saturated rings. The minimum Gasteiger partial charge on any atom is -0.489 e. The van der Waals surface area contributed by atoms with E-state index in [0.717, 1.165) is 10.4 Å². The number of benzene rings is 1. The summed E-state index contributed by atoms with van der Waals surface area (Å²) in [4.78, 5) is 13.0. The largest absolute Gasteiger partial charge is 0.489 e. The van der Waals surface area contributed by atoms with Crippen LogP contribution in [-0.4, -0.2) is 5.91 Å². The first-order chi connectivity index (χ1) is 9.51. The van der Waals surface area contributed by atoms with E-state index in [-0.39, 0.29) is 11.7 Å². The molecule has 2 rings (SSSR count). The normalized spacial score (nSPS) is 10.4. The van der Waals surface area contributed by atoms with Gasteiger partial charge in [-0.15, -0.1) is 11.3 Å². The number of thiophene rings is 1. The van der Waals surface area contributed by atoms with E-state index in [1.807, 2.05) is 6.92 Å². The predicted molar refractivity (Wildman–Crippen MR) is 76.2 cm³/mol. The number of nitrogen functional groups attached to an aromatic ring is 1. The lowest BCUT2D eigenvalue weighted by atomic mass is 10.2. The van der Waals surface area contributed by atoms with Gasteiger partial charge in [-0.3, -0.25) is 10.2 Å². The number of ether oxygens (including phenoxy) is 1. The van der Waals surface area contributed by atoms with Crippen LogP contribution in [0.15, 0.2) is 24.3 Å². The zero-order valence-electron chi connectivity index (χ0n) is 11.2. The molecule has 0 spiro atoms. The van der Waals surface area contributed by atoms with Gasteiger partial charge in [0, 0.05) is 10.4 Å². The third-order valence-corrected chi connectivity index (χ3v) is 3.99. The van der Waals surface area contributed by atoms with E-state index in [0.29, 0.717) is 22.8 Å². The highest BCUT2D eigenvalue weighted by Gasteiger charge is 2.12. The number of halogens is 1. The molecule has 0 atom stereocenters.